The first-order valence-corrected chi connectivity index (χ1v) is 9.38. The van der Waals surface area contributed by atoms with Crippen LogP contribution in [0.5, 0.6) is 0 Å². The van der Waals surface area contributed by atoms with Crippen LogP contribution in [0.15, 0.2) is 48.5 Å². The number of esters is 1. The molecule has 12 nitrogen and oxygen atoms in total. The minimum atomic E-state index is -1.41. The van der Waals surface area contributed by atoms with Gasteiger partial charge in [-0.05, 0) is 18.6 Å². The zero-order valence-electron chi connectivity index (χ0n) is 16.9. The lowest BCUT2D eigenvalue weighted by molar-refractivity contribution is -0.385. The third kappa shape index (κ3) is 6.08. The van der Waals surface area contributed by atoms with Crippen LogP contribution in [-0.2, 0) is 14.3 Å². The van der Waals surface area contributed by atoms with E-state index in [1.807, 2.05) is 0 Å². The Morgan fingerprint density at radius 3 is 2.19 bits per heavy atom. The van der Waals surface area contributed by atoms with Crippen molar-refractivity contribution in [3.05, 3.63) is 79.9 Å². The lowest BCUT2D eigenvalue weighted by Gasteiger charge is -2.25. The molecule has 0 saturated carbocycles. The molecular formula is C20H20N4O8. The number of rotatable bonds is 10. The van der Waals surface area contributed by atoms with Crippen LogP contribution in [0.25, 0.3) is 0 Å². The Kier molecular flexibility index (Phi) is 7.93. The molecule has 2 aromatic rings. The number of hydrogen-bond acceptors (Lipinski definition) is 8. The summed E-state index contributed by atoms with van der Waals surface area (Å²) in [7, 11) is 0. The van der Waals surface area contributed by atoms with Crippen molar-refractivity contribution in [2.24, 2.45) is 5.73 Å². The predicted molar refractivity (Wildman–Crippen MR) is 111 cm³/mol. The van der Waals surface area contributed by atoms with Crippen molar-refractivity contribution >= 4 is 29.2 Å². The number of nitro groups is 2. The van der Waals surface area contributed by atoms with Gasteiger partial charge in [-0.1, -0.05) is 18.2 Å². The fourth-order valence-corrected chi connectivity index (χ4v) is 3.03. The first kappa shape index (κ1) is 23.9. The maximum atomic E-state index is 12.7. The van der Waals surface area contributed by atoms with E-state index in [-0.39, 0.29) is 30.0 Å². The normalized spacial score (nSPS) is 12.3. The smallest absolute Gasteiger partial charge is 0.306 e. The van der Waals surface area contributed by atoms with E-state index in [1.165, 1.54) is 42.5 Å². The van der Waals surface area contributed by atoms with Crippen molar-refractivity contribution in [2.75, 3.05) is 6.61 Å². The van der Waals surface area contributed by atoms with Crippen molar-refractivity contribution < 1.29 is 29.0 Å². The summed E-state index contributed by atoms with van der Waals surface area (Å²) in [6.07, 6.45) is -0.353. The molecule has 0 aromatic heterocycles. The fraction of sp³-hybridized carbons (Fsp3) is 0.250. The molecular weight excluding hydrogens is 424 g/mol. The molecule has 0 aliphatic carbocycles. The minimum absolute atomic E-state index is 0.0765. The van der Waals surface area contributed by atoms with E-state index in [2.05, 4.69) is 5.32 Å². The van der Waals surface area contributed by atoms with Gasteiger partial charge in [0.2, 0.25) is 5.91 Å². The average Bonchev–Trinajstić information content (AvgIpc) is 2.76. The molecule has 168 valence electrons. The Bertz CT molecular complexity index is 1040. The fourth-order valence-electron chi connectivity index (χ4n) is 3.03. The molecule has 0 radical (unpaired) electrons. The van der Waals surface area contributed by atoms with Gasteiger partial charge in [0.05, 0.1) is 22.9 Å². The zero-order valence-corrected chi connectivity index (χ0v) is 16.9. The molecule has 0 spiro atoms. The number of primary amides is 1. The van der Waals surface area contributed by atoms with Gasteiger partial charge in [-0.2, -0.15) is 0 Å². The molecule has 0 aliphatic rings. The number of carbonyl (C=O) groups is 3. The summed E-state index contributed by atoms with van der Waals surface area (Å²) >= 11 is 0. The largest absolute Gasteiger partial charge is 0.466 e. The number of nitrogens with one attached hydrogen (secondary N) is 1. The van der Waals surface area contributed by atoms with Crippen molar-refractivity contribution in [1.82, 2.24) is 5.32 Å². The lowest BCUT2D eigenvalue weighted by Crippen LogP contribution is -2.48. The second-order valence-electron chi connectivity index (χ2n) is 6.63. The molecule has 0 aliphatic heterocycles. The lowest BCUT2D eigenvalue weighted by atomic mass is 9.87. The first-order chi connectivity index (χ1) is 15.1. The highest BCUT2D eigenvalue weighted by Gasteiger charge is 2.32. The summed E-state index contributed by atoms with van der Waals surface area (Å²) < 4.78 is 4.93. The van der Waals surface area contributed by atoms with Gasteiger partial charge in [-0.15, -0.1) is 0 Å². The van der Waals surface area contributed by atoms with Crippen LogP contribution in [0.2, 0.25) is 0 Å². The zero-order chi connectivity index (χ0) is 23.8. The van der Waals surface area contributed by atoms with Crippen molar-refractivity contribution in [2.45, 2.75) is 25.3 Å². The SMILES string of the molecule is CCOC(=O)C[C@H](c1ccc([N+](=O)[O-])cc1)[C@H](NC(=O)c1cccc([N+](=O)[O-])c1)C(N)=O. The second-order valence-corrected chi connectivity index (χ2v) is 6.63. The second kappa shape index (κ2) is 10.6. The van der Waals surface area contributed by atoms with Gasteiger partial charge in [-0.3, -0.25) is 34.6 Å². The van der Waals surface area contributed by atoms with Gasteiger partial charge < -0.3 is 15.8 Å². The van der Waals surface area contributed by atoms with Gasteiger partial charge in [0.25, 0.3) is 17.3 Å². The van der Waals surface area contributed by atoms with Crippen LogP contribution < -0.4 is 11.1 Å². The van der Waals surface area contributed by atoms with E-state index in [9.17, 15) is 34.6 Å². The van der Waals surface area contributed by atoms with Crippen LogP contribution in [-0.4, -0.2) is 40.3 Å². The Balaban J connectivity index is 2.39. The van der Waals surface area contributed by atoms with Crippen molar-refractivity contribution in [3.63, 3.8) is 0 Å². The molecule has 0 bridgehead atoms. The van der Waals surface area contributed by atoms with Gasteiger partial charge in [0.15, 0.2) is 0 Å². The molecule has 0 unspecified atom stereocenters. The third-order valence-corrected chi connectivity index (χ3v) is 4.54. The molecule has 2 amide bonds. The maximum Gasteiger partial charge on any atom is 0.306 e. The quantitative estimate of drug-likeness (QED) is 0.315. The highest BCUT2D eigenvalue weighted by atomic mass is 16.6. The monoisotopic (exact) mass is 444 g/mol. The van der Waals surface area contributed by atoms with Crippen LogP contribution in [0.1, 0.15) is 35.2 Å². The predicted octanol–water partition coefficient (Wildman–Crippen LogP) is 1.82. The molecule has 0 heterocycles. The Morgan fingerprint density at radius 1 is 1.03 bits per heavy atom. The number of nitro benzene ring substituents is 2. The van der Waals surface area contributed by atoms with Crippen LogP contribution in [0, 0.1) is 20.2 Å². The molecule has 2 rings (SSSR count). The standard InChI is InChI=1S/C20H20N4O8/c1-2-32-17(25)11-16(12-6-8-14(9-7-12)23(28)29)18(19(21)26)22-20(27)13-4-3-5-15(10-13)24(30)31/h3-10,16,18H,2,11H2,1H3,(H2,21,26)(H,22,27)/t16-,18+/m1/s1. The van der Waals surface area contributed by atoms with Crippen LogP contribution in [0.4, 0.5) is 11.4 Å². The third-order valence-electron chi connectivity index (χ3n) is 4.54. The number of amides is 2. The first-order valence-electron chi connectivity index (χ1n) is 9.38. The van der Waals surface area contributed by atoms with E-state index in [4.69, 9.17) is 10.5 Å². The summed E-state index contributed by atoms with van der Waals surface area (Å²) in [5.74, 6) is -3.48. The molecule has 0 saturated heterocycles. The Morgan fingerprint density at radius 2 is 1.66 bits per heavy atom. The Labute approximate surface area is 181 Å². The summed E-state index contributed by atoms with van der Waals surface area (Å²) in [6.45, 7) is 1.67. The number of non-ortho nitro benzene ring substituents is 2. The molecule has 0 fully saturated rings. The number of benzene rings is 2. The van der Waals surface area contributed by atoms with E-state index in [0.29, 0.717) is 5.56 Å². The van der Waals surface area contributed by atoms with Crippen molar-refractivity contribution in [1.29, 1.82) is 0 Å². The van der Waals surface area contributed by atoms with Crippen LogP contribution in [0.3, 0.4) is 0 Å². The minimum Gasteiger partial charge on any atom is -0.466 e. The highest BCUT2D eigenvalue weighted by Crippen LogP contribution is 2.27. The molecule has 2 atom stereocenters. The van der Waals surface area contributed by atoms with Gasteiger partial charge in [0, 0.05) is 35.7 Å². The number of nitrogens with two attached hydrogens (primary N) is 1. The highest BCUT2D eigenvalue weighted by molar-refractivity contribution is 5.98. The summed E-state index contributed by atoms with van der Waals surface area (Å²) in [5, 5.41) is 24.3. The van der Waals surface area contributed by atoms with Gasteiger partial charge in [0.1, 0.15) is 6.04 Å². The average molecular weight is 444 g/mol. The Hall–Kier alpha value is -4.35. The van der Waals surface area contributed by atoms with Crippen LogP contribution >= 0.6 is 0 Å². The number of ether oxygens (including phenoxy) is 1. The van der Waals surface area contributed by atoms with Gasteiger partial charge >= 0.3 is 5.97 Å². The molecule has 32 heavy (non-hydrogen) atoms. The number of hydrogen-bond donors (Lipinski definition) is 2. The summed E-state index contributed by atoms with van der Waals surface area (Å²) in [5.41, 5.74) is 5.18. The number of nitrogens with zero attached hydrogens (tertiary/aromatic N) is 2. The van der Waals surface area contributed by atoms with Crippen molar-refractivity contribution in [3.8, 4) is 0 Å². The van der Waals surface area contributed by atoms with E-state index < -0.39 is 39.6 Å². The summed E-state index contributed by atoms with van der Waals surface area (Å²) in [4.78, 5) is 57.6. The van der Waals surface area contributed by atoms with E-state index >= 15 is 0 Å². The topological polar surface area (TPSA) is 185 Å². The van der Waals surface area contributed by atoms with E-state index in [1.54, 1.807) is 6.92 Å². The van der Waals surface area contributed by atoms with Gasteiger partial charge in [-0.25, -0.2) is 0 Å². The van der Waals surface area contributed by atoms with E-state index in [0.717, 1.165) is 6.07 Å². The molecule has 3 N–H and O–H groups in total. The number of carbonyl (C=O) groups excluding carboxylic acids is 3. The molecule has 2 aromatic carbocycles. The summed E-state index contributed by atoms with van der Waals surface area (Å²) in [6, 6.07) is 8.50. The maximum absolute atomic E-state index is 12.7. The molecule has 12 heteroatoms.